The Bertz CT molecular complexity index is 257. The molecule has 0 aromatic carbocycles. The maximum Gasteiger partial charge on any atom is 0.0524 e. The molecule has 19 heavy (non-hydrogen) atoms. The topological polar surface area (TPSA) is 35.5 Å². The van der Waals surface area contributed by atoms with Crippen molar-refractivity contribution in [3.8, 4) is 0 Å². The van der Waals surface area contributed by atoms with Crippen LogP contribution >= 0.6 is 0 Å². The van der Waals surface area contributed by atoms with E-state index >= 15 is 0 Å². The fourth-order valence-electron chi connectivity index (χ4n) is 3.40. The van der Waals surface area contributed by atoms with Crippen LogP contribution in [-0.4, -0.2) is 48.8 Å². The molecule has 0 heterocycles. The molecule has 2 fully saturated rings. The predicted octanol–water partition coefficient (Wildman–Crippen LogP) is 2.39. The largest absolute Gasteiger partial charge is 0.393 e. The van der Waals surface area contributed by atoms with Gasteiger partial charge in [-0.2, -0.15) is 0 Å². The van der Waals surface area contributed by atoms with Gasteiger partial charge in [-0.25, -0.2) is 0 Å². The van der Waals surface area contributed by atoms with Crippen LogP contribution in [-0.2, 0) is 0 Å². The van der Waals surface area contributed by atoms with Crippen LogP contribution in [0.3, 0.4) is 0 Å². The molecule has 0 bridgehead atoms. The minimum absolute atomic E-state index is 0.172. The molecule has 2 aliphatic rings. The standard InChI is InChI=1S/C16H32N2O/c1-14(19)8-11-18(2)13-16(9-4-3-5-10-16)12-17-15-6-7-15/h14-15,17,19H,3-13H2,1-2H3. The van der Waals surface area contributed by atoms with Crippen molar-refractivity contribution in [1.29, 1.82) is 0 Å². The molecule has 2 rings (SSSR count). The minimum atomic E-state index is -0.172. The van der Waals surface area contributed by atoms with Gasteiger partial charge in [-0.3, -0.25) is 0 Å². The first-order chi connectivity index (χ1) is 9.10. The van der Waals surface area contributed by atoms with Crippen LogP contribution in [0.1, 0.15) is 58.3 Å². The third-order valence-corrected chi connectivity index (χ3v) is 4.79. The van der Waals surface area contributed by atoms with Crippen LogP contribution in [0.25, 0.3) is 0 Å². The van der Waals surface area contributed by atoms with Gasteiger partial charge in [-0.15, -0.1) is 0 Å². The van der Waals surface area contributed by atoms with Gasteiger partial charge in [0.1, 0.15) is 0 Å². The highest BCUT2D eigenvalue weighted by atomic mass is 16.3. The second-order valence-electron chi connectivity index (χ2n) is 7.09. The molecule has 1 atom stereocenters. The van der Waals surface area contributed by atoms with E-state index in [9.17, 15) is 5.11 Å². The van der Waals surface area contributed by atoms with Crippen LogP contribution < -0.4 is 5.32 Å². The average Bonchev–Trinajstić information content (AvgIpc) is 3.19. The molecule has 0 spiro atoms. The molecular formula is C16H32N2O. The number of hydrogen-bond acceptors (Lipinski definition) is 3. The zero-order valence-corrected chi connectivity index (χ0v) is 12.8. The molecule has 0 aromatic rings. The molecule has 0 amide bonds. The first kappa shape index (κ1) is 15.3. The summed E-state index contributed by atoms with van der Waals surface area (Å²) in [5, 5.41) is 13.2. The highest BCUT2D eigenvalue weighted by Gasteiger charge is 2.34. The SMILES string of the molecule is CC(O)CCN(C)CC1(CNC2CC2)CCCCC1. The molecule has 0 aromatic heterocycles. The summed E-state index contributed by atoms with van der Waals surface area (Å²) in [5.41, 5.74) is 0.494. The summed E-state index contributed by atoms with van der Waals surface area (Å²) in [6.07, 6.45) is 10.5. The van der Waals surface area contributed by atoms with Crippen molar-refractivity contribution in [3.05, 3.63) is 0 Å². The number of aliphatic hydroxyl groups excluding tert-OH is 1. The van der Waals surface area contributed by atoms with E-state index in [1.807, 2.05) is 6.92 Å². The zero-order valence-electron chi connectivity index (χ0n) is 12.8. The van der Waals surface area contributed by atoms with E-state index in [0.29, 0.717) is 5.41 Å². The average molecular weight is 268 g/mol. The van der Waals surface area contributed by atoms with E-state index in [2.05, 4.69) is 17.3 Å². The van der Waals surface area contributed by atoms with E-state index in [1.54, 1.807) is 0 Å². The number of rotatable bonds is 8. The van der Waals surface area contributed by atoms with Gasteiger partial charge in [0.25, 0.3) is 0 Å². The highest BCUT2D eigenvalue weighted by molar-refractivity contribution is 4.91. The van der Waals surface area contributed by atoms with Crippen LogP contribution in [0.5, 0.6) is 0 Å². The number of hydrogen-bond donors (Lipinski definition) is 2. The summed E-state index contributed by atoms with van der Waals surface area (Å²) < 4.78 is 0. The second-order valence-corrected chi connectivity index (χ2v) is 7.09. The third-order valence-electron chi connectivity index (χ3n) is 4.79. The van der Waals surface area contributed by atoms with Gasteiger partial charge in [0.2, 0.25) is 0 Å². The fourth-order valence-corrected chi connectivity index (χ4v) is 3.40. The summed E-state index contributed by atoms with van der Waals surface area (Å²) >= 11 is 0. The van der Waals surface area contributed by atoms with E-state index in [1.165, 1.54) is 58.0 Å². The number of nitrogens with one attached hydrogen (secondary N) is 1. The van der Waals surface area contributed by atoms with Gasteiger partial charge < -0.3 is 15.3 Å². The lowest BCUT2D eigenvalue weighted by Crippen LogP contribution is -2.45. The Balaban J connectivity index is 1.80. The van der Waals surface area contributed by atoms with E-state index < -0.39 is 0 Å². The highest BCUT2D eigenvalue weighted by Crippen LogP contribution is 2.37. The number of nitrogens with zero attached hydrogens (tertiary/aromatic N) is 1. The van der Waals surface area contributed by atoms with Gasteiger partial charge in [0.05, 0.1) is 6.10 Å². The maximum absolute atomic E-state index is 9.42. The predicted molar refractivity (Wildman–Crippen MR) is 80.3 cm³/mol. The Morgan fingerprint density at radius 1 is 1.26 bits per heavy atom. The van der Waals surface area contributed by atoms with Crippen LogP contribution in [0, 0.1) is 5.41 Å². The number of aliphatic hydroxyl groups is 1. The minimum Gasteiger partial charge on any atom is -0.393 e. The maximum atomic E-state index is 9.42. The van der Waals surface area contributed by atoms with Crippen LogP contribution in [0.2, 0.25) is 0 Å². The first-order valence-electron chi connectivity index (χ1n) is 8.20. The molecule has 2 saturated carbocycles. The van der Waals surface area contributed by atoms with E-state index in [0.717, 1.165) is 19.0 Å². The molecule has 1 unspecified atom stereocenters. The Kier molecular flexibility index (Phi) is 5.67. The molecular weight excluding hydrogens is 236 g/mol. The van der Waals surface area contributed by atoms with Crippen molar-refractivity contribution < 1.29 is 5.11 Å². The van der Waals surface area contributed by atoms with E-state index in [-0.39, 0.29) is 6.10 Å². The second kappa shape index (κ2) is 7.05. The Morgan fingerprint density at radius 2 is 1.95 bits per heavy atom. The van der Waals surface area contributed by atoms with Gasteiger partial charge in [-0.1, -0.05) is 19.3 Å². The summed E-state index contributed by atoms with van der Waals surface area (Å²) in [6.45, 7) is 5.30. The molecule has 3 heteroatoms. The van der Waals surface area contributed by atoms with Crippen LogP contribution in [0.15, 0.2) is 0 Å². The Hall–Kier alpha value is -0.120. The smallest absolute Gasteiger partial charge is 0.0524 e. The van der Waals surface area contributed by atoms with Crippen molar-refractivity contribution in [3.63, 3.8) is 0 Å². The van der Waals surface area contributed by atoms with Crippen molar-refractivity contribution >= 4 is 0 Å². The summed E-state index contributed by atoms with van der Waals surface area (Å²) in [4.78, 5) is 2.44. The van der Waals surface area contributed by atoms with Crippen molar-refractivity contribution in [2.24, 2.45) is 5.41 Å². The van der Waals surface area contributed by atoms with Crippen molar-refractivity contribution in [1.82, 2.24) is 10.2 Å². The molecule has 0 radical (unpaired) electrons. The molecule has 0 aliphatic heterocycles. The lowest BCUT2D eigenvalue weighted by molar-refractivity contribution is 0.102. The van der Waals surface area contributed by atoms with Gasteiger partial charge >= 0.3 is 0 Å². The summed E-state index contributed by atoms with van der Waals surface area (Å²) in [6, 6.07) is 0.821. The van der Waals surface area contributed by atoms with Crippen LogP contribution in [0.4, 0.5) is 0 Å². The lowest BCUT2D eigenvalue weighted by Gasteiger charge is -2.40. The van der Waals surface area contributed by atoms with E-state index in [4.69, 9.17) is 0 Å². The molecule has 3 nitrogen and oxygen atoms in total. The Morgan fingerprint density at radius 3 is 2.53 bits per heavy atom. The van der Waals surface area contributed by atoms with Crippen molar-refractivity contribution in [2.75, 3.05) is 26.7 Å². The normalized spacial score (nSPS) is 24.6. The summed E-state index contributed by atoms with van der Waals surface area (Å²) in [7, 11) is 2.22. The molecule has 112 valence electrons. The van der Waals surface area contributed by atoms with Gasteiger partial charge in [0, 0.05) is 25.7 Å². The van der Waals surface area contributed by atoms with Crippen molar-refractivity contribution in [2.45, 2.75) is 70.4 Å². The zero-order chi connectivity index (χ0) is 13.7. The first-order valence-corrected chi connectivity index (χ1v) is 8.20. The molecule has 2 N–H and O–H groups in total. The lowest BCUT2D eigenvalue weighted by atomic mass is 9.73. The fraction of sp³-hybridized carbons (Fsp3) is 1.00. The molecule has 0 saturated heterocycles. The molecule has 2 aliphatic carbocycles. The monoisotopic (exact) mass is 268 g/mol. The summed E-state index contributed by atoms with van der Waals surface area (Å²) in [5.74, 6) is 0. The third kappa shape index (κ3) is 5.41. The van der Waals surface area contributed by atoms with Gasteiger partial charge in [0.15, 0.2) is 0 Å². The van der Waals surface area contributed by atoms with Gasteiger partial charge in [-0.05, 0) is 51.5 Å². The quantitative estimate of drug-likeness (QED) is 0.709. The Labute approximate surface area is 118 Å².